The Labute approximate surface area is 172 Å². The molecule has 29 heavy (non-hydrogen) atoms. The molecule has 1 amide bonds. The fourth-order valence-electron chi connectivity index (χ4n) is 3.09. The number of amides is 1. The van der Waals surface area contributed by atoms with Crippen LogP contribution in [0.4, 0.5) is 5.69 Å². The SMILES string of the molecule is CCn1nc(C)cc1-c1nc(-c2nc(C(N)=O)cc(NC)c2C=N)c(C(C)N)s1. The molecular weight excluding hydrogens is 388 g/mol. The summed E-state index contributed by atoms with van der Waals surface area (Å²) in [6, 6.07) is 3.19. The number of rotatable bonds is 7. The summed E-state index contributed by atoms with van der Waals surface area (Å²) < 4.78 is 1.88. The first-order chi connectivity index (χ1) is 13.8. The summed E-state index contributed by atoms with van der Waals surface area (Å²) in [5, 5.41) is 16.1. The van der Waals surface area contributed by atoms with Crippen molar-refractivity contribution in [2.45, 2.75) is 33.4 Å². The van der Waals surface area contributed by atoms with Crippen molar-refractivity contribution in [2.75, 3.05) is 12.4 Å². The zero-order valence-electron chi connectivity index (χ0n) is 16.8. The number of primary amides is 1. The number of aromatic nitrogens is 4. The lowest BCUT2D eigenvalue weighted by Gasteiger charge is -2.13. The maximum Gasteiger partial charge on any atom is 0.267 e. The largest absolute Gasteiger partial charge is 0.387 e. The molecule has 0 aliphatic heterocycles. The van der Waals surface area contributed by atoms with Gasteiger partial charge in [0.1, 0.15) is 22.1 Å². The number of pyridine rings is 1. The Morgan fingerprint density at radius 3 is 2.66 bits per heavy atom. The standard InChI is InChI=1S/C19H24N8OS/c1-5-27-14(6-9(2)26-27)19-25-16(17(29-19)10(3)21)15-11(8-20)12(23-4)7-13(24-15)18(22)28/h6-8,10,20H,5,21H2,1-4H3,(H2,22,28)(H,23,24). The van der Waals surface area contributed by atoms with Crippen LogP contribution in [0.1, 0.15) is 46.5 Å². The van der Waals surface area contributed by atoms with Gasteiger partial charge in [-0.3, -0.25) is 9.48 Å². The summed E-state index contributed by atoms with van der Waals surface area (Å²) in [7, 11) is 1.71. The van der Waals surface area contributed by atoms with Gasteiger partial charge in [-0.2, -0.15) is 5.10 Å². The molecule has 0 fully saturated rings. The molecule has 0 saturated carbocycles. The molecule has 1 atom stereocenters. The van der Waals surface area contributed by atoms with E-state index >= 15 is 0 Å². The lowest BCUT2D eigenvalue weighted by molar-refractivity contribution is 0.0995. The number of aryl methyl sites for hydroxylation is 2. The van der Waals surface area contributed by atoms with Gasteiger partial charge in [-0.1, -0.05) is 0 Å². The van der Waals surface area contributed by atoms with Gasteiger partial charge in [-0.15, -0.1) is 11.3 Å². The van der Waals surface area contributed by atoms with Crippen LogP contribution in [0.3, 0.4) is 0 Å². The second kappa shape index (κ2) is 8.10. The van der Waals surface area contributed by atoms with Crippen molar-refractivity contribution in [1.82, 2.24) is 19.7 Å². The number of nitrogens with zero attached hydrogens (tertiary/aromatic N) is 4. The summed E-state index contributed by atoms with van der Waals surface area (Å²) >= 11 is 1.46. The zero-order valence-corrected chi connectivity index (χ0v) is 17.6. The van der Waals surface area contributed by atoms with Crippen LogP contribution in [0.5, 0.6) is 0 Å². The highest BCUT2D eigenvalue weighted by Gasteiger charge is 2.24. The van der Waals surface area contributed by atoms with Crippen LogP contribution in [0.25, 0.3) is 22.1 Å². The van der Waals surface area contributed by atoms with Crippen LogP contribution in [0.2, 0.25) is 0 Å². The van der Waals surface area contributed by atoms with Crippen LogP contribution in [0, 0.1) is 12.3 Å². The predicted octanol–water partition coefficient (Wildman–Crippen LogP) is 2.55. The Hall–Kier alpha value is -3.11. The minimum atomic E-state index is -0.656. The van der Waals surface area contributed by atoms with Crippen molar-refractivity contribution in [3.8, 4) is 22.1 Å². The zero-order chi connectivity index (χ0) is 21.3. The van der Waals surface area contributed by atoms with Crippen molar-refractivity contribution in [2.24, 2.45) is 11.5 Å². The Morgan fingerprint density at radius 1 is 1.38 bits per heavy atom. The van der Waals surface area contributed by atoms with E-state index in [-0.39, 0.29) is 11.7 Å². The van der Waals surface area contributed by atoms with Gasteiger partial charge in [0, 0.05) is 37.1 Å². The molecular formula is C19H24N8OS. The molecule has 10 heteroatoms. The summed E-state index contributed by atoms with van der Waals surface area (Å²) in [4.78, 5) is 21.8. The van der Waals surface area contributed by atoms with Gasteiger partial charge in [0.15, 0.2) is 0 Å². The molecule has 0 aromatic carbocycles. The third-order valence-electron chi connectivity index (χ3n) is 4.44. The highest BCUT2D eigenvalue weighted by atomic mass is 32.1. The van der Waals surface area contributed by atoms with E-state index in [1.165, 1.54) is 23.6 Å². The van der Waals surface area contributed by atoms with E-state index in [0.717, 1.165) is 21.3 Å². The Bertz CT molecular complexity index is 1080. The van der Waals surface area contributed by atoms with E-state index < -0.39 is 5.91 Å². The first-order valence-electron chi connectivity index (χ1n) is 9.15. The molecule has 0 aliphatic carbocycles. The van der Waals surface area contributed by atoms with Crippen molar-refractivity contribution in [1.29, 1.82) is 5.41 Å². The number of hydrogen-bond donors (Lipinski definition) is 4. The molecule has 3 aromatic heterocycles. The third-order valence-corrected chi connectivity index (χ3v) is 5.72. The monoisotopic (exact) mass is 412 g/mol. The minimum Gasteiger partial charge on any atom is -0.387 e. The number of nitrogens with one attached hydrogen (secondary N) is 2. The molecule has 3 rings (SSSR count). The van der Waals surface area contributed by atoms with Gasteiger partial charge in [-0.25, -0.2) is 9.97 Å². The summed E-state index contributed by atoms with van der Waals surface area (Å²) in [5.41, 5.74) is 15.6. The quantitative estimate of drug-likeness (QED) is 0.438. The van der Waals surface area contributed by atoms with E-state index in [2.05, 4.69) is 15.4 Å². The molecule has 0 aliphatic rings. The molecule has 0 bridgehead atoms. The molecule has 0 spiro atoms. The fraction of sp³-hybridized carbons (Fsp3) is 0.316. The van der Waals surface area contributed by atoms with Gasteiger partial charge in [-0.05, 0) is 32.9 Å². The van der Waals surface area contributed by atoms with Crippen LogP contribution >= 0.6 is 11.3 Å². The van der Waals surface area contributed by atoms with Crippen molar-refractivity contribution in [3.63, 3.8) is 0 Å². The number of carbonyl (C=O) groups is 1. The molecule has 9 nitrogen and oxygen atoms in total. The molecule has 0 radical (unpaired) electrons. The average molecular weight is 413 g/mol. The van der Waals surface area contributed by atoms with Crippen molar-refractivity contribution >= 4 is 29.1 Å². The predicted molar refractivity (Wildman–Crippen MR) is 116 cm³/mol. The smallest absolute Gasteiger partial charge is 0.267 e. The lowest BCUT2D eigenvalue weighted by Crippen LogP contribution is -2.16. The number of nitrogens with two attached hydrogens (primary N) is 2. The minimum absolute atomic E-state index is 0.0922. The van der Waals surface area contributed by atoms with E-state index in [9.17, 15) is 4.79 Å². The first-order valence-corrected chi connectivity index (χ1v) is 9.96. The molecule has 3 aromatic rings. The molecule has 1 unspecified atom stereocenters. The first kappa shape index (κ1) is 20.6. The van der Waals surface area contributed by atoms with Crippen LogP contribution in [-0.4, -0.2) is 38.9 Å². The van der Waals surface area contributed by atoms with Crippen molar-refractivity contribution in [3.05, 3.63) is 34.0 Å². The van der Waals surface area contributed by atoms with E-state index in [1.807, 2.05) is 31.5 Å². The number of carbonyl (C=O) groups excluding carboxylic acids is 1. The van der Waals surface area contributed by atoms with Gasteiger partial charge in [0.2, 0.25) is 0 Å². The summed E-state index contributed by atoms with van der Waals surface area (Å²) in [5.74, 6) is -0.656. The number of anilines is 1. The van der Waals surface area contributed by atoms with E-state index in [0.29, 0.717) is 29.2 Å². The second-order valence-electron chi connectivity index (χ2n) is 6.58. The van der Waals surface area contributed by atoms with Gasteiger partial charge in [0.25, 0.3) is 5.91 Å². The lowest BCUT2D eigenvalue weighted by atomic mass is 10.1. The number of hydrogen-bond acceptors (Lipinski definition) is 8. The van der Waals surface area contributed by atoms with Crippen LogP contribution in [-0.2, 0) is 6.54 Å². The van der Waals surface area contributed by atoms with E-state index in [4.69, 9.17) is 21.9 Å². The summed E-state index contributed by atoms with van der Waals surface area (Å²) in [6.45, 7) is 6.52. The normalized spacial score (nSPS) is 12.0. The Kier molecular flexibility index (Phi) is 5.76. The molecule has 6 N–H and O–H groups in total. The molecule has 152 valence electrons. The maximum absolute atomic E-state index is 11.8. The Balaban J connectivity index is 2.31. The summed E-state index contributed by atoms with van der Waals surface area (Å²) in [6.07, 6.45) is 1.18. The van der Waals surface area contributed by atoms with Crippen LogP contribution < -0.4 is 16.8 Å². The van der Waals surface area contributed by atoms with Crippen molar-refractivity contribution < 1.29 is 4.79 Å². The van der Waals surface area contributed by atoms with E-state index in [1.54, 1.807) is 7.05 Å². The molecule has 3 heterocycles. The Morgan fingerprint density at radius 2 is 2.10 bits per heavy atom. The maximum atomic E-state index is 11.8. The van der Waals surface area contributed by atoms with Gasteiger partial charge < -0.3 is 22.2 Å². The fourth-order valence-corrected chi connectivity index (χ4v) is 4.13. The third kappa shape index (κ3) is 3.76. The topological polar surface area (TPSA) is 149 Å². The second-order valence-corrected chi connectivity index (χ2v) is 7.61. The number of thiazole rings is 1. The molecule has 0 saturated heterocycles. The van der Waals surface area contributed by atoms with Gasteiger partial charge in [0.05, 0.1) is 16.3 Å². The highest BCUT2D eigenvalue weighted by molar-refractivity contribution is 7.15. The highest BCUT2D eigenvalue weighted by Crippen LogP contribution is 2.38. The van der Waals surface area contributed by atoms with Gasteiger partial charge >= 0.3 is 0 Å². The van der Waals surface area contributed by atoms with Crippen LogP contribution in [0.15, 0.2) is 12.1 Å². The average Bonchev–Trinajstić information content (AvgIpc) is 3.30.